The number of benzene rings is 1. The predicted octanol–water partition coefficient (Wildman–Crippen LogP) is 1.77. The molecule has 20 heavy (non-hydrogen) atoms. The van der Waals surface area contributed by atoms with Gasteiger partial charge in [-0.05, 0) is 41.8 Å². The third-order valence-electron chi connectivity index (χ3n) is 3.51. The van der Waals surface area contributed by atoms with Gasteiger partial charge < -0.3 is 10.0 Å². The number of aromatic nitrogens is 1. The van der Waals surface area contributed by atoms with Gasteiger partial charge in [-0.25, -0.2) is 0 Å². The standard InChI is InChI=1S/C16H16N2O2/c19-15-10-16(20)18(11-15)14-3-1-12(2-4-14)9-13-5-7-17-8-6-13/h1-8,15,19H,9-11H2. The van der Waals surface area contributed by atoms with E-state index in [4.69, 9.17) is 0 Å². The maximum atomic E-state index is 11.7. The highest BCUT2D eigenvalue weighted by molar-refractivity contribution is 5.96. The molecule has 1 amide bonds. The summed E-state index contributed by atoms with van der Waals surface area (Å²) in [4.78, 5) is 17.4. The Morgan fingerprint density at radius 3 is 2.35 bits per heavy atom. The number of carbonyl (C=O) groups is 1. The molecule has 0 aliphatic carbocycles. The van der Waals surface area contributed by atoms with Gasteiger partial charge in [-0.15, -0.1) is 0 Å². The van der Waals surface area contributed by atoms with Gasteiger partial charge in [0.15, 0.2) is 0 Å². The first-order valence-electron chi connectivity index (χ1n) is 6.68. The molecule has 0 spiro atoms. The molecule has 1 unspecified atom stereocenters. The van der Waals surface area contributed by atoms with Crippen LogP contribution in [0.15, 0.2) is 48.8 Å². The van der Waals surface area contributed by atoms with Gasteiger partial charge in [0.1, 0.15) is 0 Å². The fourth-order valence-electron chi connectivity index (χ4n) is 2.47. The number of hydrogen-bond acceptors (Lipinski definition) is 3. The van der Waals surface area contributed by atoms with Gasteiger partial charge in [-0.1, -0.05) is 12.1 Å². The summed E-state index contributed by atoms with van der Waals surface area (Å²) in [6.07, 6.45) is 4.10. The molecule has 4 heteroatoms. The van der Waals surface area contributed by atoms with Crippen molar-refractivity contribution in [3.05, 3.63) is 59.9 Å². The van der Waals surface area contributed by atoms with E-state index in [-0.39, 0.29) is 12.3 Å². The van der Waals surface area contributed by atoms with E-state index < -0.39 is 6.10 Å². The molecule has 1 fully saturated rings. The monoisotopic (exact) mass is 268 g/mol. The van der Waals surface area contributed by atoms with E-state index in [1.54, 1.807) is 17.3 Å². The summed E-state index contributed by atoms with van der Waals surface area (Å²) in [5.74, 6) is -0.0145. The summed E-state index contributed by atoms with van der Waals surface area (Å²) in [5.41, 5.74) is 3.25. The van der Waals surface area contributed by atoms with Crippen molar-refractivity contribution in [2.24, 2.45) is 0 Å². The zero-order valence-electron chi connectivity index (χ0n) is 11.1. The molecule has 3 rings (SSSR count). The molecule has 1 aliphatic heterocycles. The van der Waals surface area contributed by atoms with Crippen molar-refractivity contribution in [3.63, 3.8) is 0 Å². The average Bonchev–Trinajstić information content (AvgIpc) is 2.80. The summed E-state index contributed by atoms with van der Waals surface area (Å²) < 4.78 is 0. The first-order chi connectivity index (χ1) is 9.72. The van der Waals surface area contributed by atoms with Gasteiger partial charge in [-0.2, -0.15) is 0 Å². The number of pyridine rings is 1. The molecule has 1 saturated heterocycles. The van der Waals surface area contributed by atoms with Crippen molar-refractivity contribution in [1.29, 1.82) is 0 Å². The normalized spacial score (nSPS) is 18.6. The lowest BCUT2D eigenvalue weighted by Crippen LogP contribution is -2.25. The van der Waals surface area contributed by atoms with Crippen LogP contribution in [0.3, 0.4) is 0 Å². The van der Waals surface area contributed by atoms with Gasteiger partial charge >= 0.3 is 0 Å². The number of carbonyl (C=O) groups excluding carboxylic acids is 1. The number of amides is 1. The zero-order chi connectivity index (χ0) is 13.9. The SMILES string of the molecule is O=C1CC(O)CN1c1ccc(Cc2ccncc2)cc1. The summed E-state index contributed by atoms with van der Waals surface area (Å²) in [7, 11) is 0. The first kappa shape index (κ1) is 12.8. The lowest BCUT2D eigenvalue weighted by Gasteiger charge is -2.16. The van der Waals surface area contributed by atoms with Crippen molar-refractivity contribution in [2.45, 2.75) is 18.9 Å². The lowest BCUT2D eigenvalue weighted by molar-refractivity contribution is -0.117. The molecule has 1 N–H and O–H groups in total. The van der Waals surface area contributed by atoms with Crippen LogP contribution in [-0.4, -0.2) is 28.6 Å². The van der Waals surface area contributed by atoms with E-state index in [9.17, 15) is 9.90 Å². The molecule has 1 aromatic carbocycles. The second-order valence-electron chi connectivity index (χ2n) is 5.06. The van der Waals surface area contributed by atoms with Gasteiger partial charge in [0.25, 0.3) is 0 Å². The quantitative estimate of drug-likeness (QED) is 0.923. The van der Waals surface area contributed by atoms with Gasteiger partial charge in [0, 0.05) is 18.1 Å². The van der Waals surface area contributed by atoms with Crippen molar-refractivity contribution < 1.29 is 9.90 Å². The van der Waals surface area contributed by atoms with Crippen LogP contribution in [-0.2, 0) is 11.2 Å². The van der Waals surface area contributed by atoms with Crippen LogP contribution in [0.2, 0.25) is 0 Å². The molecule has 4 nitrogen and oxygen atoms in total. The summed E-state index contributed by atoms with van der Waals surface area (Å²) >= 11 is 0. The number of hydrogen-bond donors (Lipinski definition) is 1. The largest absolute Gasteiger partial charge is 0.391 e. The third-order valence-corrected chi connectivity index (χ3v) is 3.51. The maximum Gasteiger partial charge on any atom is 0.229 e. The van der Waals surface area contributed by atoms with E-state index in [1.807, 2.05) is 36.4 Å². The number of β-amino-alcohol motifs (C(OH)–C–C–N with tert-alkyl or cyclic N) is 1. The molecule has 0 bridgehead atoms. The Morgan fingerprint density at radius 2 is 1.75 bits per heavy atom. The Kier molecular flexibility index (Phi) is 3.48. The Labute approximate surface area is 117 Å². The van der Waals surface area contributed by atoms with E-state index in [0.29, 0.717) is 6.54 Å². The highest BCUT2D eigenvalue weighted by Crippen LogP contribution is 2.22. The van der Waals surface area contributed by atoms with Gasteiger partial charge in [0.05, 0.1) is 19.1 Å². The molecular weight excluding hydrogens is 252 g/mol. The Hall–Kier alpha value is -2.20. The second kappa shape index (κ2) is 5.43. The minimum absolute atomic E-state index is 0.0145. The molecule has 2 heterocycles. The Balaban J connectivity index is 1.73. The third kappa shape index (κ3) is 2.70. The van der Waals surface area contributed by atoms with Crippen LogP contribution < -0.4 is 4.90 Å². The molecule has 0 saturated carbocycles. The minimum atomic E-state index is -0.543. The Bertz CT molecular complexity index is 596. The summed E-state index contributed by atoms with van der Waals surface area (Å²) in [5, 5.41) is 9.51. The van der Waals surface area contributed by atoms with Crippen LogP contribution >= 0.6 is 0 Å². The van der Waals surface area contributed by atoms with Crippen LogP contribution in [0.4, 0.5) is 5.69 Å². The number of rotatable bonds is 3. The highest BCUT2D eigenvalue weighted by Gasteiger charge is 2.28. The first-order valence-corrected chi connectivity index (χ1v) is 6.68. The number of aliphatic hydroxyl groups is 1. The molecule has 102 valence electrons. The smallest absolute Gasteiger partial charge is 0.229 e. The van der Waals surface area contributed by atoms with Crippen molar-refractivity contribution in [2.75, 3.05) is 11.4 Å². The van der Waals surface area contributed by atoms with Gasteiger partial charge in [0.2, 0.25) is 5.91 Å². The van der Waals surface area contributed by atoms with E-state index >= 15 is 0 Å². The number of nitrogens with zero attached hydrogens (tertiary/aromatic N) is 2. The topological polar surface area (TPSA) is 53.4 Å². The number of anilines is 1. The number of aliphatic hydroxyl groups excluding tert-OH is 1. The fraction of sp³-hybridized carbons (Fsp3) is 0.250. The van der Waals surface area contributed by atoms with E-state index in [2.05, 4.69) is 4.98 Å². The Morgan fingerprint density at radius 1 is 1.10 bits per heavy atom. The van der Waals surface area contributed by atoms with E-state index in [0.717, 1.165) is 12.1 Å². The fourth-order valence-corrected chi connectivity index (χ4v) is 2.47. The molecule has 0 radical (unpaired) electrons. The molecule has 2 aromatic rings. The van der Waals surface area contributed by atoms with Crippen molar-refractivity contribution >= 4 is 11.6 Å². The zero-order valence-corrected chi connectivity index (χ0v) is 11.1. The van der Waals surface area contributed by atoms with E-state index in [1.165, 1.54) is 11.1 Å². The minimum Gasteiger partial charge on any atom is -0.391 e. The molecule has 1 atom stereocenters. The van der Waals surface area contributed by atoms with Crippen LogP contribution in [0.25, 0.3) is 0 Å². The van der Waals surface area contributed by atoms with Crippen LogP contribution in [0.1, 0.15) is 17.5 Å². The van der Waals surface area contributed by atoms with Crippen LogP contribution in [0, 0.1) is 0 Å². The highest BCUT2D eigenvalue weighted by atomic mass is 16.3. The second-order valence-corrected chi connectivity index (χ2v) is 5.06. The van der Waals surface area contributed by atoms with Crippen LogP contribution in [0.5, 0.6) is 0 Å². The molecule has 1 aromatic heterocycles. The molecular formula is C16H16N2O2. The summed E-state index contributed by atoms with van der Waals surface area (Å²) in [6.45, 7) is 0.391. The lowest BCUT2D eigenvalue weighted by atomic mass is 10.1. The summed E-state index contributed by atoms with van der Waals surface area (Å²) in [6, 6.07) is 11.9. The maximum absolute atomic E-state index is 11.7. The van der Waals surface area contributed by atoms with Crippen molar-refractivity contribution in [1.82, 2.24) is 4.98 Å². The van der Waals surface area contributed by atoms with Gasteiger partial charge in [-0.3, -0.25) is 9.78 Å². The average molecular weight is 268 g/mol. The predicted molar refractivity (Wildman–Crippen MR) is 76.5 cm³/mol. The molecule has 1 aliphatic rings. The van der Waals surface area contributed by atoms with Crippen molar-refractivity contribution in [3.8, 4) is 0 Å².